The van der Waals surface area contributed by atoms with E-state index in [2.05, 4.69) is 10.3 Å². The number of rotatable bonds is 10. The monoisotopic (exact) mass is 481 g/mol. The SMILES string of the molecule is CCC[C@H](COP(=O)(O)OCC1O[C@@H](n2ccc(=O)[nH]c2=S)C(C)(O)[C@H]1O)NC(C)=O. The molecular weight excluding hydrogens is 453 g/mol. The number of phosphoric ester groups is 1. The first kappa shape index (κ1) is 25.8. The molecule has 2 heterocycles. The number of carbonyl (C=O) groups is 1. The van der Waals surface area contributed by atoms with Gasteiger partial charge in [0, 0.05) is 19.2 Å². The summed E-state index contributed by atoms with van der Waals surface area (Å²) in [4.78, 5) is 34.9. The number of hydrogen-bond acceptors (Lipinski definition) is 9. The zero-order chi connectivity index (χ0) is 23.4. The normalized spacial score (nSPS) is 28.8. The number of aliphatic hydroxyl groups excluding tert-OH is 1. The fraction of sp³-hybridized carbons (Fsp3) is 0.706. The van der Waals surface area contributed by atoms with Crippen LogP contribution < -0.4 is 10.9 Å². The predicted molar refractivity (Wildman–Crippen MR) is 111 cm³/mol. The highest BCUT2D eigenvalue weighted by molar-refractivity contribution is 7.71. The molecule has 1 aliphatic heterocycles. The second-order valence-electron chi connectivity index (χ2n) is 7.46. The Morgan fingerprint density at radius 3 is 2.77 bits per heavy atom. The number of hydrogen-bond donors (Lipinski definition) is 5. The Balaban J connectivity index is 2.02. The second-order valence-corrected chi connectivity index (χ2v) is 9.30. The molecule has 0 spiro atoms. The number of aromatic nitrogens is 2. The van der Waals surface area contributed by atoms with Crippen LogP contribution in [0.25, 0.3) is 0 Å². The zero-order valence-corrected chi connectivity index (χ0v) is 19.1. The van der Waals surface area contributed by atoms with Crippen molar-refractivity contribution >= 4 is 25.9 Å². The lowest BCUT2D eigenvalue weighted by atomic mass is 9.96. The number of ether oxygens (including phenoxy) is 1. The number of amides is 1. The summed E-state index contributed by atoms with van der Waals surface area (Å²) in [5, 5.41) is 23.8. The van der Waals surface area contributed by atoms with Crippen LogP contribution in [-0.4, -0.2) is 67.6 Å². The summed E-state index contributed by atoms with van der Waals surface area (Å²) in [5.41, 5.74) is -2.29. The van der Waals surface area contributed by atoms with Crippen molar-refractivity contribution in [3.63, 3.8) is 0 Å². The molecule has 1 aromatic heterocycles. The van der Waals surface area contributed by atoms with Crippen LogP contribution in [0.2, 0.25) is 0 Å². The topological polar surface area (TPSA) is 172 Å². The van der Waals surface area contributed by atoms with Gasteiger partial charge in [0.2, 0.25) is 5.91 Å². The predicted octanol–water partition coefficient (Wildman–Crippen LogP) is 0.354. The molecule has 5 N–H and O–H groups in total. The third kappa shape index (κ3) is 6.77. The maximum absolute atomic E-state index is 12.2. The Kier molecular flexibility index (Phi) is 8.70. The van der Waals surface area contributed by atoms with Crippen molar-refractivity contribution in [1.82, 2.24) is 14.9 Å². The summed E-state index contributed by atoms with van der Waals surface area (Å²) in [7, 11) is -4.54. The number of nitrogens with one attached hydrogen (secondary N) is 2. The molecule has 1 saturated heterocycles. The smallest absolute Gasteiger partial charge is 0.387 e. The minimum Gasteiger partial charge on any atom is -0.387 e. The van der Waals surface area contributed by atoms with Crippen molar-refractivity contribution in [2.45, 2.75) is 63.7 Å². The number of carbonyl (C=O) groups excluding carboxylic acids is 1. The number of nitrogens with zero attached hydrogens (tertiary/aromatic N) is 1. The van der Waals surface area contributed by atoms with Crippen LogP contribution in [0.15, 0.2) is 17.1 Å². The minimum atomic E-state index is -4.54. The van der Waals surface area contributed by atoms with Crippen molar-refractivity contribution in [1.29, 1.82) is 0 Å². The molecule has 14 heteroatoms. The first-order valence-corrected chi connectivity index (χ1v) is 11.5. The van der Waals surface area contributed by atoms with Gasteiger partial charge < -0.3 is 25.2 Å². The van der Waals surface area contributed by atoms with Gasteiger partial charge in [-0.1, -0.05) is 13.3 Å². The molecule has 0 bridgehead atoms. The zero-order valence-electron chi connectivity index (χ0n) is 17.4. The summed E-state index contributed by atoms with van der Waals surface area (Å²) in [6.45, 7) is 3.69. The highest BCUT2D eigenvalue weighted by Gasteiger charge is 2.53. The lowest BCUT2D eigenvalue weighted by molar-refractivity contribution is -0.120. The summed E-state index contributed by atoms with van der Waals surface area (Å²) in [5.74, 6) is -0.299. The van der Waals surface area contributed by atoms with Crippen LogP contribution in [-0.2, 0) is 23.1 Å². The van der Waals surface area contributed by atoms with E-state index in [1.54, 1.807) is 0 Å². The van der Waals surface area contributed by atoms with E-state index in [4.69, 9.17) is 26.0 Å². The molecule has 0 radical (unpaired) electrons. The van der Waals surface area contributed by atoms with E-state index in [0.717, 1.165) is 6.42 Å². The second kappa shape index (κ2) is 10.5. The molecule has 1 aliphatic rings. The molecule has 12 nitrogen and oxygen atoms in total. The third-order valence-corrected chi connectivity index (χ3v) is 6.01. The van der Waals surface area contributed by atoms with Crippen molar-refractivity contribution in [2.75, 3.05) is 13.2 Å². The summed E-state index contributed by atoms with van der Waals surface area (Å²) in [6, 6.07) is 0.704. The summed E-state index contributed by atoms with van der Waals surface area (Å²) >= 11 is 5.06. The first-order valence-electron chi connectivity index (χ1n) is 9.63. The third-order valence-electron chi connectivity index (χ3n) is 4.74. The maximum atomic E-state index is 12.2. The van der Waals surface area contributed by atoms with Crippen molar-refractivity contribution in [3.05, 3.63) is 27.4 Å². The first-order chi connectivity index (χ1) is 14.4. The van der Waals surface area contributed by atoms with Crippen LogP contribution in [0, 0.1) is 4.77 Å². The van der Waals surface area contributed by atoms with E-state index < -0.39 is 50.1 Å². The van der Waals surface area contributed by atoms with Gasteiger partial charge in [-0.2, -0.15) is 0 Å². The molecular formula is C17H28N3O9PS. The van der Waals surface area contributed by atoms with Crippen LogP contribution in [0.4, 0.5) is 0 Å². The largest absolute Gasteiger partial charge is 0.472 e. The Morgan fingerprint density at radius 2 is 2.19 bits per heavy atom. The molecule has 176 valence electrons. The van der Waals surface area contributed by atoms with Gasteiger partial charge in [0.15, 0.2) is 11.0 Å². The molecule has 31 heavy (non-hydrogen) atoms. The average Bonchev–Trinajstić information content (AvgIpc) is 2.88. The molecule has 0 aliphatic carbocycles. The van der Waals surface area contributed by atoms with E-state index in [1.807, 2.05) is 6.92 Å². The van der Waals surface area contributed by atoms with Crippen molar-refractivity contribution in [2.24, 2.45) is 0 Å². The average molecular weight is 481 g/mol. The van der Waals surface area contributed by atoms with E-state index in [0.29, 0.717) is 6.42 Å². The Morgan fingerprint density at radius 1 is 1.52 bits per heavy atom. The van der Waals surface area contributed by atoms with Gasteiger partial charge >= 0.3 is 7.82 Å². The van der Waals surface area contributed by atoms with Crippen molar-refractivity contribution in [3.8, 4) is 0 Å². The molecule has 0 saturated carbocycles. The fourth-order valence-electron chi connectivity index (χ4n) is 3.21. The van der Waals surface area contributed by atoms with Crippen LogP contribution >= 0.6 is 20.0 Å². The number of aliphatic hydroxyl groups is 2. The highest BCUT2D eigenvalue weighted by atomic mass is 32.1. The number of phosphoric acid groups is 1. The van der Waals surface area contributed by atoms with Crippen LogP contribution in [0.1, 0.15) is 39.8 Å². The molecule has 0 aromatic carbocycles. The van der Waals surface area contributed by atoms with Gasteiger partial charge in [-0.15, -0.1) is 0 Å². The standard InChI is InChI=1S/C17H28N3O9PS/c1-4-5-11(18-10(2)21)8-27-30(25,26)28-9-12-14(23)17(3,24)15(29-12)20-7-6-13(22)19-16(20)31/h6-7,11-12,14-15,23-24H,4-5,8-9H2,1-3H3,(H,18,21)(H,25,26)(H,19,22,31)/t11-,12?,14+,15-,17?/m1/s1. The van der Waals surface area contributed by atoms with Gasteiger partial charge in [0.05, 0.1) is 19.3 Å². The molecule has 3 unspecified atom stereocenters. The lowest BCUT2D eigenvalue weighted by Crippen LogP contribution is -2.44. The summed E-state index contributed by atoms with van der Waals surface area (Å²) < 4.78 is 28.9. The Labute approximate surface area is 183 Å². The molecule has 2 rings (SSSR count). The lowest BCUT2D eigenvalue weighted by Gasteiger charge is -2.28. The van der Waals surface area contributed by atoms with E-state index in [1.165, 1.54) is 30.7 Å². The highest BCUT2D eigenvalue weighted by Crippen LogP contribution is 2.45. The molecule has 1 fully saturated rings. The van der Waals surface area contributed by atoms with Gasteiger partial charge in [-0.05, 0) is 25.6 Å². The maximum Gasteiger partial charge on any atom is 0.472 e. The van der Waals surface area contributed by atoms with E-state index in [-0.39, 0.29) is 17.3 Å². The van der Waals surface area contributed by atoms with E-state index in [9.17, 15) is 29.3 Å². The van der Waals surface area contributed by atoms with E-state index >= 15 is 0 Å². The van der Waals surface area contributed by atoms with Crippen molar-refractivity contribution < 1.29 is 38.3 Å². The van der Waals surface area contributed by atoms with Gasteiger partial charge in [-0.3, -0.25) is 28.2 Å². The van der Waals surface area contributed by atoms with Gasteiger partial charge in [-0.25, -0.2) is 4.57 Å². The Bertz CT molecular complexity index is 934. The number of H-pyrrole nitrogens is 1. The molecule has 1 aromatic rings. The Hall–Kier alpha value is -1.44. The van der Waals surface area contributed by atoms with Crippen LogP contribution in [0.5, 0.6) is 0 Å². The minimum absolute atomic E-state index is 0.0392. The summed E-state index contributed by atoms with van der Waals surface area (Å²) in [6.07, 6.45) is -1.33. The quantitative estimate of drug-likeness (QED) is 0.232. The molecule has 1 amide bonds. The van der Waals surface area contributed by atoms with Crippen LogP contribution in [0.3, 0.4) is 0 Å². The molecule has 6 atom stereocenters. The fourth-order valence-corrected chi connectivity index (χ4v) is 4.25. The number of aromatic amines is 1. The van der Waals surface area contributed by atoms with Gasteiger partial charge in [0.1, 0.15) is 17.8 Å². The van der Waals surface area contributed by atoms with Gasteiger partial charge in [0.25, 0.3) is 5.56 Å².